The van der Waals surface area contributed by atoms with Crippen LogP contribution in [0.5, 0.6) is 0 Å². The van der Waals surface area contributed by atoms with Gasteiger partial charge in [-0.1, -0.05) is 6.92 Å². The van der Waals surface area contributed by atoms with Crippen LogP contribution in [0.3, 0.4) is 0 Å². The Bertz CT molecular complexity index is 491. The smallest absolute Gasteiger partial charge is 0.125 e. The highest BCUT2D eigenvalue weighted by atomic mass is 15.0. The minimum Gasteiger partial charge on any atom is -0.304 e. The van der Waals surface area contributed by atoms with Crippen LogP contribution >= 0.6 is 0 Å². The molecule has 0 fully saturated rings. The van der Waals surface area contributed by atoms with E-state index in [4.69, 9.17) is 5.26 Å². The predicted molar refractivity (Wildman–Crippen MR) is 57.7 cm³/mol. The van der Waals surface area contributed by atoms with Crippen molar-refractivity contribution in [3.63, 3.8) is 0 Å². The van der Waals surface area contributed by atoms with E-state index in [9.17, 15) is 0 Å². The van der Waals surface area contributed by atoms with Crippen molar-refractivity contribution in [1.29, 1.82) is 5.26 Å². The van der Waals surface area contributed by atoms with Crippen LogP contribution in [-0.2, 0) is 6.42 Å². The van der Waals surface area contributed by atoms with Crippen molar-refractivity contribution in [2.24, 2.45) is 0 Å². The number of pyridine rings is 1. The summed E-state index contributed by atoms with van der Waals surface area (Å²) < 4.78 is 1.94. The third kappa shape index (κ3) is 1.62. The van der Waals surface area contributed by atoms with Gasteiger partial charge in [-0.15, -0.1) is 0 Å². The van der Waals surface area contributed by atoms with E-state index in [1.165, 1.54) is 0 Å². The number of hydrogen-bond acceptors (Lipinski definition) is 2. The molecule has 0 aromatic carbocycles. The molecule has 0 unspecified atom stereocenters. The van der Waals surface area contributed by atoms with Gasteiger partial charge in [0.25, 0.3) is 0 Å². The maximum Gasteiger partial charge on any atom is 0.125 e. The number of rotatable bonds is 2. The van der Waals surface area contributed by atoms with Gasteiger partial charge in [-0.05, 0) is 30.7 Å². The van der Waals surface area contributed by atoms with E-state index in [0.29, 0.717) is 5.69 Å². The van der Waals surface area contributed by atoms with Crippen molar-refractivity contribution in [2.45, 2.75) is 13.3 Å². The fourth-order valence-electron chi connectivity index (χ4n) is 1.63. The van der Waals surface area contributed by atoms with Crippen LogP contribution in [-0.4, -0.2) is 9.55 Å². The van der Waals surface area contributed by atoms with Gasteiger partial charge < -0.3 is 4.57 Å². The molecular weight excluding hydrogens is 186 g/mol. The molecule has 15 heavy (non-hydrogen) atoms. The number of nitriles is 1. The molecule has 2 aromatic heterocycles. The van der Waals surface area contributed by atoms with Gasteiger partial charge in [0.05, 0.1) is 11.9 Å². The van der Waals surface area contributed by atoms with Gasteiger partial charge in [0.1, 0.15) is 11.8 Å². The zero-order valence-electron chi connectivity index (χ0n) is 8.51. The number of aromatic nitrogens is 2. The van der Waals surface area contributed by atoms with Crippen molar-refractivity contribution in [3.05, 3.63) is 48.0 Å². The Morgan fingerprint density at radius 3 is 2.87 bits per heavy atom. The highest BCUT2D eigenvalue weighted by Gasteiger charge is 2.07. The van der Waals surface area contributed by atoms with Gasteiger partial charge in [-0.3, -0.25) is 4.98 Å². The van der Waals surface area contributed by atoms with Crippen LogP contribution < -0.4 is 0 Å². The lowest BCUT2D eigenvalue weighted by molar-refractivity contribution is 0.918. The van der Waals surface area contributed by atoms with Crippen LogP contribution in [0.4, 0.5) is 0 Å². The summed E-state index contributed by atoms with van der Waals surface area (Å²) in [6.07, 6.45) is 4.39. The zero-order chi connectivity index (χ0) is 10.7. The molecule has 0 saturated carbocycles. The Labute approximate surface area is 88.6 Å². The highest BCUT2D eigenvalue weighted by molar-refractivity contribution is 5.40. The molecule has 0 spiro atoms. The zero-order valence-corrected chi connectivity index (χ0v) is 8.51. The molecular formula is C12H11N3. The quantitative estimate of drug-likeness (QED) is 0.741. The Hall–Kier alpha value is -2.08. The van der Waals surface area contributed by atoms with Crippen molar-refractivity contribution >= 4 is 0 Å². The van der Waals surface area contributed by atoms with Crippen LogP contribution in [0, 0.1) is 11.3 Å². The molecule has 74 valence electrons. The Kier molecular flexibility index (Phi) is 2.51. The van der Waals surface area contributed by atoms with Crippen LogP contribution in [0.1, 0.15) is 18.3 Å². The molecule has 0 aliphatic heterocycles. The summed E-state index contributed by atoms with van der Waals surface area (Å²) in [5.74, 6) is 0. The molecule has 2 heterocycles. The average Bonchev–Trinajstić information content (AvgIpc) is 2.72. The van der Waals surface area contributed by atoms with E-state index in [1.54, 1.807) is 12.4 Å². The van der Waals surface area contributed by atoms with E-state index >= 15 is 0 Å². The summed E-state index contributed by atoms with van der Waals surface area (Å²) in [5.41, 5.74) is 2.72. The summed E-state index contributed by atoms with van der Waals surface area (Å²) in [6.45, 7) is 2.07. The second kappa shape index (κ2) is 3.97. The molecule has 3 nitrogen and oxygen atoms in total. The van der Waals surface area contributed by atoms with E-state index < -0.39 is 0 Å². The minimum absolute atomic E-state index is 0.653. The lowest BCUT2D eigenvalue weighted by Gasteiger charge is -2.08. The molecule has 0 N–H and O–H groups in total. The SMILES string of the molecule is CCc1ccc(C#N)n1-c1cccnc1. The predicted octanol–water partition coefficient (Wildman–Crippen LogP) is 2.31. The van der Waals surface area contributed by atoms with E-state index in [2.05, 4.69) is 18.0 Å². The lowest BCUT2D eigenvalue weighted by atomic mass is 10.3. The van der Waals surface area contributed by atoms with Crippen molar-refractivity contribution in [1.82, 2.24) is 9.55 Å². The van der Waals surface area contributed by atoms with Crippen LogP contribution in [0.2, 0.25) is 0 Å². The number of aryl methyl sites for hydroxylation is 1. The van der Waals surface area contributed by atoms with Gasteiger partial charge in [0.2, 0.25) is 0 Å². The van der Waals surface area contributed by atoms with Gasteiger partial charge in [0.15, 0.2) is 0 Å². The molecule has 0 amide bonds. The summed E-state index contributed by atoms with van der Waals surface area (Å²) in [4.78, 5) is 4.06. The van der Waals surface area contributed by atoms with E-state index in [-0.39, 0.29) is 0 Å². The molecule has 0 saturated heterocycles. The highest BCUT2D eigenvalue weighted by Crippen LogP contribution is 2.16. The first kappa shape index (κ1) is 9.47. The van der Waals surface area contributed by atoms with Crippen molar-refractivity contribution in [2.75, 3.05) is 0 Å². The normalized spacial score (nSPS) is 9.87. The molecule has 0 aliphatic carbocycles. The summed E-state index contributed by atoms with van der Waals surface area (Å²) >= 11 is 0. The van der Waals surface area contributed by atoms with Gasteiger partial charge >= 0.3 is 0 Å². The minimum atomic E-state index is 0.653. The van der Waals surface area contributed by atoms with Crippen LogP contribution in [0.15, 0.2) is 36.7 Å². The van der Waals surface area contributed by atoms with Crippen molar-refractivity contribution < 1.29 is 0 Å². The molecule has 2 rings (SSSR count). The van der Waals surface area contributed by atoms with Gasteiger partial charge in [0, 0.05) is 11.9 Å². The molecule has 0 bridgehead atoms. The monoisotopic (exact) mass is 197 g/mol. The number of nitrogens with zero attached hydrogens (tertiary/aromatic N) is 3. The lowest BCUT2D eigenvalue weighted by Crippen LogP contribution is -2.01. The largest absolute Gasteiger partial charge is 0.304 e. The Balaban J connectivity index is 2.61. The van der Waals surface area contributed by atoms with E-state index in [1.807, 2.05) is 28.8 Å². The summed E-state index contributed by atoms with van der Waals surface area (Å²) in [6, 6.07) is 9.82. The Morgan fingerprint density at radius 2 is 2.27 bits per heavy atom. The van der Waals surface area contributed by atoms with E-state index in [0.717, 1.165) is 17.8 Å². The molecule has 0 atom stereocenters. The summed E-state index contributed by atoms with van der Waals surface area (Å²) in [7, 11) is 0. The maximum atomic E-state index is 9.00. The first-order valence-electron chi connectivity index (χ1n) is 4.88. The standard InChI is InChI=1S/C12H11N3/c1-2-10-5-6-11(8-13)15(10)12-4-3-7-14-9-12/h3-7,9H,2H2,1H3. The second-order valence-electron chi connectivity index (χ2n) is 3.22. The van der Waals surface area contributed by atoms with Gasteiger partial charge in [-0.25, -0.2) is 0 Å². The summed E-state index contributed by atoms with van der Waals surface area (Å²) in [5, 5.41) is 9.00. The number of hydrogen-bond donors (Lipinski definition) is 0. The van der Waals surface area contributed by atoms with Gasteiger partial charge in [-0.2, -0.15) is 5.26 Å². The first-order valence-corrected chi connectivity index (χ1v) is 4.88. The molecule has 0 aliphatic rings. The third-order valence-corrected chi connectivity index (χ3v) is 2.34. The maximum absolute atomic E-state index is 9.00. The first-order chi connectivity index (χ1) is 7.36. The molecule has 3 heteroatoms. The topological polar surface area (TPSA) is 41.6 Å². The molecule has 0 radical (unpaired) electrons. The third-order valence-electron chi connectivity index (χ3n) is 2.34. The van der Waals surface area contributed by atoms with Crippen molar-refractivity contribution in [3.8, 4) is 11.8 Å². The average molecular weight is 197 g/mol. The fourth-order valence-corrected chi connectivity index (χ4v) is 1.63. The second-order valence-corrected chi connectivity index (χ2v) is 3.22. The van der Waals surface area contributed by atoms with Crippen LogP contribution in [0.25, 0.3) is 5.69 Å². The fraction of sp³-hybridized carbons (Fsp3) is 0.167. The molecule has 2 aromatic rings. The Morgan fingerprint density at radius 1 is 1.40 bits per heavy atom.